The molecule has 160 valence electrons. The van der Waals surface area contributed by atoms with E-state index in [1.807, 2.05) is 0 Å². The van der Waals surface area contributed by atoms with Gasteiger partial charge in [0.2, 0.25) is 0 Å². The summed E-state index contributed by atoms with van der Waals surface area (Å²) in [6.07, 6.45) is 3.80. The molecule has 1 aliphatic rings. The largest absolute Gasteiger partial charge is 0.507 e. The van der Waals surface area contributed by atoms with E-state index in [0.717, 1.165) is 0 Å². The number of hydrogen-bond donors (Lipinski definition) is 2. The van der Waals surface area contributed by atoms with Crippen molar-refractivity contribution in [2.45, 2.75) is 5.60 Å². The van der Waals surface area contributed by atoms with Crippen molar-refractivity contribution in [2.24, 2.45) is 0 Å². The van der Waals surface area contributed by atoms with Gasteiger partial charge in [0.15, 0.2) is 11.4 Å². The van der Waals surface area contributed by atoms with Crippen molar-refractivity contribution in [1.29, 1.82) is 0 Å². The molecule has 1 unspecified atom stereocenters. The molecule has 3 aromatic carbocycles. The molecule has 0 fully saturated rings. The molecule has 0 aliphatic heterocycles. The first-order valence-corrected chi connectivity index (χ1v) is 9.90. The van der Waals surface area contributed by atoms with E-state index in [-0.39, 0.29) is 22.9 Å². The SMILES string of the molecule is O=C1C=CC(O)(C#CC#Cc2ccc(O)c(-c3ccc(F)cc3)c2)C=C1c1ccc(F)cc1. The van der Waals surface area contributed by atoms with Gasteiger partial charge in [-0.3, -0.25) is 4.79 Å². The Balaban J connectivity index is 1.59. The van der Waals surface area contributed by atoms with Gasteiger partial charge >= 0.3 is 0 Å². The molecule has 4 rings (SSSR count). The number of carbonyl (C=O) groups is 1. The highest BCUT2D eigenvalue weighted by atomic mass is 19.1. The molecule has 1 aliphatic carbocycles. The number of halogens is 2. The topological polar surface area (TPSA) is 57.5 Å². The lowest BCUT2D eigenvalue weighted by atomic mass is 9.89. The molecule has 0 radical (unpaired) electrons. The number of aromatic hydroxyl groups is 1. The van der Waals surface area contributed by atoms with Gasteiger partial charge in [0.25, 0.3) is 0 Å². The van der Waals surface area contributed by atoms with Gasteiger partial charge in [0.05, 0.1) is 0 Å². The van der Waals surface area contributed by atoms with Gasteiger partial charge in [-0.15, -0.1) is 0 Å². The van der Waals surface area contributed by atoms with Gasteiger partial charge in [0, 0.05) is 16.7 Å². The fourth-order valence-electron chi connectivity index (χ4n) is 3.27. The minimum Gasteiger partial charge on any atom is -0.507 e. The maximum Gasteiger partial charge on any atom is 0.186 e. The quantitative estimate of drug-likeness (QED) is 0.573. The normalized spacial score (nSPS) is 16.8. The summed E-state index contributed by atoms with van der Waals surface area (Å²) in [5, 5.41) is 20.9. The predicted molar refractivity (Wildman–Crippen MR) is 122 cm³/mol. The van der Waals surface area contributed by atoms with E-state index in [1.165, 1.54) is 60.7 Å². The van der Waals surface area contributed by atoms with Crippen molar-refractivity contribution in [3.8, 4) is 40.6 Å². The molecule has 0 heterocycles. The van der Waals surface area contributed by atoms with Gasteiger partial charge in [-0.2, -0.15) is 0 Å². The van der Waals surface area contributed by atoms with Gasteiger partial charge < -0.3 is 10.2 Å². The Morgan fingerprint density at radius 2 is 1.45 bits per heavy atom. The zero-order chi connectivity index (χ0) is 23.4. The second kappa shape index (κ2) is 8.96. The maximum absolute atomic E-state index is 13.2. The molecular weight excluding hydrogens is 422 g/mol. The Morgan fingerprint density at radius 3 is 2.12 bits per heavy atom. The van der Waals surface area contributed by atoms with Crippen LogP contribution < -0.4 is 0 Å². The minimum absolute atomic E-state index is 0.0306. The van der Waals surface area contributed by atoms with Crippen LogP contribution in [0.5, 0.6) is 5.75 Å². The molecule has 33 heavy (non-hydrogen) atoms. The van der Waals surface area contributed by atoms with E-state index in [4.69, 9.17) is 0 Å². The third kappa shape index (κ3) is 5.07. The van der Waals surface area contributed by atoms with Crippen LogP contribution in [-0.2, 0) is 4.79 Å². The molecular formula is C28H16F2O3. The summed E-state index contributed by atoms with van der Waals surface area (Å²) >= 11 is 0. The van der Waals surface area contributed by atoms with Crippen LogP contribution in [0, 0.1) is 35.3 Å². The maximum atomic E-state index is 13.2. The number of phenols is 1. The van der Waals surface area contributed by atoms with Crippen molar-refractivity contribution in [2.75, 3.05) is 0 Å². The minimum atomic E-state index is -1.71. The lowest BCUT2D eigenvalue weighted by Gasteiger charge is -2.19. The zero-order valence-corrected chi connectivity index (χ0v) is 17.1. The van der Waals surface area contributed by atoms with Gasteiger partial charge in [-0.25, -0.2) is 8.78 Å². The summed E-state index contributed by atoms with van der Waals surface area (Å²) in [4.78, 5) is 12.2. The fraction of sp³-hybridized carbons (Fsp3) is 0.0357. The average molecular weight is 438 g/mol. The van der Waals surface area contributed by atoms with Crippen LogP contribution in [0.2, 0.25) is 0 Å². The number of rotatable bonds is 2. The molecule has 0 amide bonds. The first-order chi connectivity index (χ1) is 15.8. The van der Waals surface area contributed by atoms with Crippen molar-refractivity contribution in [3.05, 3.63) is 108 Å². The number of phenolic OH excluding ortho intramolecular Hbond substituents is 1. The fourth-order valence-corrected chi connectivity index (χ4v) is 3.27. The Labute approximate surface area is 189 Å². The van der Waals surface area contributed by atoms with Crippen LogP contribution in [0.25, 0.3) is 16.7 Å². The zero-order valence-electron chi connectivity index (χ0n) is 17.1. The van der Waals surface area contributed by atoms with Crippen LogP contribution in [0.1, 0.15) is 11.1 Å². The second-order valence-corrected chi connectivity index (χ2v) is 7.33. The highest BCUT2D eigenvalue weighted by molar-refractivity contribution is 6.27. The number of benzene rings is 3. The summed E-state index contributed by atoms with van der Waals surface area (Å²) in [6, 6.07) is 15.8. The van der Waals surface area contributed by atoms with E-state index in [9.17, 15) is 23.8 Å². The van der Waals surface area contributed by atoms with Crippen LogP contribution in [0.4, 0.5) is 8.78 Å². The number of hydrogen-bond acceptors (Lipinski definition) is 3. The number of carbonyl (C=O) groups excluding carboxylic acids is 1. The van der Waals surface area contributed by atoms with Crippen LogP contribution >= 0.6 is 0 Å². The van der Waals surface area contributed by atoms with Gasteiger partial charge in [-0.1, -0.05) is 30.2 Å². The summed E-state index contributed by atoms with van der Waals surface area (Å²) in [7, 11) is 0. The van der Waals surface area contributed by atoms with Crippen molar-refractivity contribution >= 4 is 11.4 Å². The first-order valence-electron chi connectivity index (χ1n) is 9.90. The summed E-state index contributed by atoms with van der Waals surface area (Å²) in [5.74, 6) is 9.58. The monoisotopic (exact) mass is 438 g/mol. The third-order valence-corrected chi connectivity index (χ3v) is 4.96. The molecule has 0 saturated carbocycles. The number of ketones is 1. The molecule has 0 aromatic heterocycles. The highest BCUT2D eigenvalue weighted by Gasteiger charge is 2.26. The molecule has 5 heteroatoms. The Morgan fingerprint density at radius 1 is 0.818 bits per heavy atom. The van der Waals surface area contributed by atoms with Gasteiger partial charge in [-0.05, 0) is 89.6 Å². The summed E-state index contributed by atoms with van der Waals surface area (Å²) < 4.78 is 26.3. The molecule has 0 bridgehead atoms. The number of allylic oxidation sites excluding steroid dienone is 2. The smallest absolute Gasteiger partial charge is 0.186 e. The Hall–Kier alpha value is -4.45. The Kier molecular flexibility index (Phi) is 5.91. The van der Waals surface area contributed by atoms with Crippen molar-refractivity contribution in [1.82, 2.24) is 0 Å². The van der Waals surface area contributed by atoms with Crippen molar-refractivity contribution < 1.29 is 23.8 Å². The number of aliphatic hydroxyl groups is 1. The molecule has 2 N–H and O–H groups in total. The predicted octanol–water partition coefficient (Wildman–Crippen LogP) is 4.65. The van der Waals surface area contributed by atoms with E-state index in [1.54, 1.807) is 24.3 Å². The summed E-state index contributed by atoms with van der Waals surface area (Å²) in [5.41, 5.74) is 0.660. The lowest BCUT2D eigenvalue weighted by molar-refractivity contribution is -0.109. The first kappa shape index (κ1) is 21.8. The molecule has 3 nitrogen and oxygen atoms in total. The summed E-state index contributed by atoms with van der Waals surface area (Å²) in [6.45, 7) is 0. The molecule has 1 atom stereocenters. The van der Waals surface area contributed by atoms with Crippen LogP contribution in [0.3, 0.4) is 0 Å². The lowest BCUT2D eigenvalue weighted by Crippen LogP contribution is -2.25. The van der Waals surface area contributed by atoms with E-state index in [0.29, 0.717) is 22.3 Å². The highest BCUT2D eigenvalue weighted by Crippen LogP contribution is 2.30. The molecule has 0 saturated heterocycles. The van der Waals surface area contributed by atoms with E-state index < -0.39 is 11.4 Å². The second-order valence-electron chi connectivity index (χ2n) is 7.33. The van der Waals surface area contributed by atoms with Crippen LogP contribution in [-0.4, -0.2) is 21.6 Å². The van der Waals surface area contributed by atoms with Crippen molar-refractivity contribution in [3.63, 3.8) is 0 Å². The third-order valence-electron chi connectivity index (χ3n) is 4.96. The average Bonchev–Trinajstić information content (AvgIpc) is 2.81. The molecule has 0 spiro atoms. The van der Waals surface area contributed by atoms with E-state index in [2.05, 4.69) is 23.7 Å². The Bertz CT molecular complexity index is 1410. The van der Waals surface area contributed by atoms with Crippen LogP contribution in [0.15, 0.2) is 85.0 Å². The van der Waals surface area contributed by atoms with E-state index >= 15 is 0 Å². The van der Waals surface area contributed by atoms with Gasteiger partial charge in [0.1, 0.15) is 17.4 Å². The molecule has 3 aromatic rings. The standard InChI is InChI=1S/C28H16F2O3/c29-22-9-5-20(6-10-22)24-17-19(4-13-26(24)31)3-1-2-15-28(33)16-14-27(32)25(18-28)21-7-11-23(30)12-8-21/h4-14,16-18,31,33H.